The maximum Gasteiger partial charge on any atom is 0.147 e. The molecule has 0 aromatic rings. The molecule has 14 heavy (non-hydrogen) atoms. The number of sulfone groups is 1. The van der Waals surface area contributed by atoms with Crippen LogP contribution in [0.5, 0.6) is 0 Å². The van der Waals surface area contributed by atoms with Crippen LogP contribution in [0.4, 0.5) is 0 Å². The molecule has 0 aliphatic heterocycles. The topological polar surface area (TPSA) is 34.1 Å². The maximum absolute atomic E-state index is 10.9. The zero-order chi connectivity index (χ0) is 10.6. The lowest BCUT2D eigenvalue weighted by molar-refractivity contribution is 0.347. The molecule has 2 atom stereocenters. The Labute approximate surface area is 95.5 Å². The van der Waals surface area contributed by atoms with Crippen molar-refractivity contribution in [3.8, 4) is 0 Å². The Hall–Kier alpha value is 0.430. The van der Waals surface area contributed by atoms with Gasteiger partial charge in [0.15, 0.2) is 0 Å². The van der Waals surface area contributed by atoms with Crippen molar-refractivity contribution in [1.82, 2.24) is 0 Å². The average molecular weight is 283 g/mol. The fourth-order valence-electron chi connectivity index (χ4n) is 2.12. The van der Waals surface area contributed by atoms with Crippen LogP contribution in [0.3, 0.4) is 0 Å². The number of hydrogen-bond acceptors (Lipinski definition) is 2. The van der Waals surface area contributed by atoms with E-state index in [4.69, 9.17) is 0 Å². The predicted molar refractivity (Wildman–Crippen MR) is 63.6 cm³/mol. The summed E-state index contributed by atoms with van der Waals surface area (Å²) in [6.45, 7) is 0. The minimum absolute atomic E-state index is 0.358. The number of hydrogen-bond donors (Lipinski definition) is 0. The lowest BCUT2D eigenvalue weighted by Crippen LogP contribution is -2.16. The van der Waals surface area contributed by atoms with Gasteiger partial charge in [0.1, 0.15) is 9.84 Å². The number of rotatable bonds is 4. The highest BCUT2D eigenvalue weighted by atomic mass is 79.9. The molecule has 1 aliphatic carbocycles. The highest BCUT2D eigenvalue weighted by Gasteiger charge is 2.19. The van der Waals surface area contributed by atoms with Crippen molar-refractivity contribution in [1.29, 1.82) is 0 Å². The van der Waals surface area contributed by atoms with Crippen LogP contribution in [0.2, 0.25) is 0 Å². The molecular formula is C10H19BrO2S. The Morgan fingerprint density at radius 2 is 2.07 bits per heavy atom. The van der Waals surface area contributed by atoms with Crippen LogP contribution in [-0.2, 0) is 9.84 Å². The third-order valence-electron chi connectivity index (χ3n) is 2.85. The summed E-state index contributed by atoms with van der Waals surface area (Å²) in [6, 6.07) is 0. The van der Waals surface area contributed by atoms with Gasteiger partial charge in [-0.3, -0.25) is 0 Å². The Bertz CT molecular complexity index is 261. The Balaban J connectivity index is 2.18. The molecule has 0 radical (unpaired) electrons. The van der Waals surface area contributed by atoms with Crippen molar-refractivity contribution in [2.24, 2.45) is 5.92 Å². The largest absolute Gasteiger partial charge is 0.229 e. The van der Waals surface area contributed by atoms with Crippen LogP contribution in [0.25, 0.3) is 0 Å². The molecule has 4 heteroatoms. The molecule has 0 N–H and O–H groups in total. The van der Waals surface area contributed by atoms with E-state index in [1.54, 1.807) is 0 Å². The molecule has 0 heterocycles. The second kappa shape index (κ2) is 5.50. The quantitative estimate of drug-likeness (QED) is 0.743. The molecule has 0 bridgehead atoms. The van der Waals surface area contributed by atoms with Gasteiger partial charge in [0.25, 0.3) is 0 Å². The van der Waals surface area contributed by atoms with Gasteiger partial charge in [0.05, 0.1) is 0 Å². The summed E-state index contributed by atoms with van der Waals surface area (Å²) in [5.74, 6) is 1.10. The molecule has 0 saturated heterocycles. The molecule has 0 aromatic carbocycles. The molecule has 1 saturated carbocycles. The first-order valence-electron chi connectivity index (χ1n) is 5.29. The van der Waals surface area contributed by atoms with E-state index >= 15 is 0 Å². The first kappa shape index (κ1) is 12.5. The smallest absolute Gasteiger partial charge is 0.147 e. The van der Waals surface area contributed by atoms with E-state index in [1.807, 2.05) is 0 Å². The summed E-state index contributed by atoms with van der Waals surface area (Å²) in [5, 5.41) is 0. The van der Waals surface area contributed by atoms with Crippen molar-refractivity contribution in [3.05, 3.63) is 0 Å². The van der Waals surface area contributed by atoms with Gasteiger partial charge in [-0.2, -0.15) is 0 Å². The number of halogens is 1. The van der Waals surface area contributed by atoms with Gasteiger partial charge in [0, 0.05) is 16.8 Å². The van der Waals surface area contributed by atoms with E-state index in [9.17, 15) is 8.42 Å². The minimum Gasteiger partial charge on any atom is -0.229 e. The number of alkyl halides is 1. The Morgan fingerprint density at radius 1 is 1.36 bits per heavy atom. The molecule has 1 fully saturated rings. The second-order valence-electron chi connectivity index (χ2n) is 4.40. The molecule has 1 rings (SSSR count). The maximum atomic E-state index is 10.9. The molecule has 2 nitrogen and oxygen atoms in total. The molecule has 84 valence electrons. The molecular weight excluding hydrogens is 264 g/mol. The summed E-state index contributed by atoms with van der Waals surface area (Å²) in [7, 11) is -2.75. The SMILES string of the molecule is CS(=O)(=O)CCCC1CCCC(Br)C1. The van der Waals surface area contributed by atoms with Crippen LogP contribution >= 0.6 is 15.9 Å². The highest BCUT2D eigenvalue weighted by Crippen LogP contribution is 2.31. The summed E-state index contributed by atoms with van der Waals surface area (Å²) in [4.78, 5) is 0.666. The zero-order valence-electron chi connectivity index (χ0n) is 8.71. The van der Waals surface area contributed by atoms with Gasteiger partial charge < -0.3 is 0 Å². The minimum atomic E-state index is -2.75. The first-order chi connectivity index (χ1) is 6.47. The third kappa shape index (κ3) is 5.35. The third-order valence-corrected chi connectivity index (χ3v) is 4.71. The van der Waals surface area contributed by atoms with Crippen molar-refractivity contribution in [2.75, 3.05) is 12.0 Å². The van der Waals surface area contributed by atoms with Crippen molar-refractivity contribution in [3.63, 3.8) is 0 Å². The molecule has 0 aromatic heterocycles. The normalized spacial score (nSPS) is 29.0. The van der Waals surface area contributed by atoms with E-state index in [1.165, 1.54) is 31.9 Å². The van der Waals surface area contributed by atoms with Crippen LogP contribution in [0, 0.1) is 5.92 Å². The summed E-state index contributed by atoms with van der Waals surface area (Å²) >= 11 is 3.64. The van der Waals surface area contributed by atoms with Crippen LogP contribution in [-0.4, -0.2) is 25.3 Å². The summed E-state index contributed by atoms with van der Waals surface area (Å²) in [5.41, 5.74) is 0. The summed E-state index contributed by atoms with van der Waals surface area (Å²) in [6.07, 6.45) is 8.32. The first-order valence-corrected chi connectivity index (χ1v) is 8.27. The highest BCUT2D eigenvalue weighted by molar-refractivity contribution is 9.09. The molecule has 0 amide bonds. The van der Waals surface area contributed by atoms with E-state index in [-0.39, 0.29) is 0 Å². The van der Waals surface area contributed by atoms with Gasteiger partial charge in [0.2, 0.25) is 0 Å². The summed E-state index contributed by atoms with van der Waals surface area (Å²) < 4.78 is 21.9. The van der Waals surface area contributed by atoms with Crippen molar-refractivity contribution in [2.45, 2.75) is 43.4 Å². The monoisotopic (exact) mass is 282 g/mol. The van der Waals surface area contributed by atoms with E-state index in [2.05, 4.69) is 15.9 Å². The zero-order valence-corrected chi connectivity index (χ0v) is 11.1. The standard InChI is InChI=1S/C10H19BrO2S/c1-14(12,13)7-3-5-9-4-2-6-10(11)8-9/h9-10H,2-8H2,1H3. The van der Waals surface area contributed by atoms with Crippen LogP contribution in [0.1, 0.15) is 38.5 Å². The van der Waals surface area contributed by atoms with Crippen LogP contribution in [0.15, 0.2) is 0 Å². The average Bonchev–Trinajstić information content (AvgIpc) is 2.01. The molecule has 1 aliphatic rings. The fraction of sp³-hybridized carbons (Fsp3) is 1.00. The van der Waals surface area contributed by atoms with Crippen molar-refractivity contribution < 1.29 is 8.42 Å². The van der Waals surface area contributed by atoms with Gasteiger partial charge in [-0.15, -0.1) is 0 Å². The van der Waals surface area contributed by atoms with E-state index < -0.39 is 9.84 Å². The Kier molecular flexibility index (Phi) is 4.91. The molecule has 0 spiro atoms. The van der Waals surface area contributed by atoms with Gasteiger partial charge in [-0.05, 0) is 31.6 Å². The lowest BCUT2D eigenvalue weighted by atomic mass is 9.86. The Morgan fingerprint density at radius 3 is 2.64 bits per heavy atom. The van der Waals surface area contributed by atoms with Gasteiger partial charge in [-0.25, -0.2) is 8.42 Å². The fourth-order valence-corrected chi connectivity index (χ4v) is 3.67. The van der Waals surface area contributed by atoms with E-state index in [0.717, 1.165) is 18.8 Å². The van der Waals surface area contributed by atoms with Crippen LogP contribution < -0.4 is 0 Å². The van der Waals surface area contributed by atoms with Gasteiger partial charge >= 0.3 is 0 Å². The van der Waals surface area contributed by atoms with E-state index in [0.29, 0.717) is 10.6 Å². The van der Waals surface area contributed by atoms with Gasteiger partial charge in [-0.1, -0.05) is 28.8 Å². The van der Waals surface area contributed by atoms with Crippen molar-refractivity contribution >= 4 is 25.8 Å². The molecule has 2 unspecified atom stereocenters. The second-order valence-corrected chi connectivity index (χ2v) is 7.96. The predicted octanol–water partition coefficient (Wildman–Crippen LogP) is 2.76. The lowest BCUT2D eigenvalue weighted by Gasteiger charge is -2.25.